The number of rotatable bonds is 7. The fourth-order valence-electron chi connectivity index (χ4n) is 3.54. The van der Waals surface area contributed by atoms with Gasteiger partial charge in [0.25, 0.3) is 0 Å². The number of carboxylic acids is 1. The van der Waals surface area contributed by atoms with E-state index in [1.165, 1.54) is 18.4 Å². The van der Waals surface area contributed by atoms with Crippen molar-refractivity contribution in [2.45, 2.75) is 58.4 Å². The molecule has 1 heterocycles. The van der Waals surface area contributed by atoms with Gasteiger partial charge in [0.05, 0.1) is 11.6 Å². The highest BCUT2D eigenvalue weighted by molar-refractivity contribution is 7.14. The molecule has 0 aliphatic heterocycles. The van der Waals surface area contributed by atoms with Gasteiger partial charge in [0.2, 0.25) is 0 Å². The van der Waals surface area contributed by atoms with Crippen LogP contribution in [0.5, 0.6) is 0 Å². The Morgan fingerprint density at radius 3 is 2.46 bits per heavy atom. The summed E-state index contributed by atoms with van der Waals surface area (Å²) in [5, 5.41) is 12.4. The molecular formula is C21H28N2O2S. The fourth-order valence-corrected chi connectivity index (χ4v) is 4.46. The summed E-state index contributed by atoms with van der Waals surface area (Å²) in [7, 11) is 0. The number of hydrogen-bond acceptors (Lipinski definition) is 4. The molecule has 1 aliphatic carbocycles. The lowest BCUT2D eigenvalue weighted by atomic mass is 10.0. The number of anilines is 1. The third-order valence-corrected chi connectivity index (χ3v) is 6.15. The third-order valence-electron chi connectivity index (χ3n) is 5.27. The number of nitrogens with zero attached hydrogens (tertiary/aromatic N) is 2. The maximum atomic E-state index is 11.4. The average molecular weight is 373 g/mol. The van der Waals surface area contributed by atoms with Crippen molar-refractivity contribution >= 4 is 22.4 Å². The van der Waals surface area contributed by atoms with Gasteiger partial charge in [-0.25, -0.2) is 4.98 Å². The molecule has 26 heavy (non-hydrogen) atoms. The van der Waals surface area contributed by atoms with E-state index in [4.69, 9.17) is 4.98 Å². The van der Waals surface area contributed by atoms with Crippen molar-refractivity contribution in [2.75, 3.05) is 11.4 Å². The molecule has 2 aromatic rings. The van der Waals surface area contributed by atoms with Gasteiger partial charge in [0.1, 0.15) is 0 Å². The van der Waals surface area contributed by atoms with Gasteiger partial charge in [0, 0.05) is 23.5 Å². The number of aliphatic carboxylic acids is 1. The molecule has 3 rings (SSSR count). The van der Waals surface area contributed by atoms with Crippen molar-refractivity contribution in [3.8, 4) is 11.3 Å². The van der Waals surface area contributed by atoms with Gasteiger partial charge >= 0.3 is 5.97 Å². The fraction of sp³-hybridized carbons (Fsp3) is 0.524. The Morgan fingerprint density at radius 2 is 1.88 bits per heavy atom. The van der Waals surface area contributed by atoms with Crippen LogP contribution in [0, 0.1) is 5.92 Å². The Morgan fingerprint density at radius 1 is 1.23 bits per heavy atom. The number of aromatic nitrogens is 1. The molecule has 0 saturated heterocycles. The second-order valence-corrected chi connectivity index (χ2v) is 8.46. The van der Waals surface area contributed by atoms with Gasteiger partial charge in [-0.15, -0.1) is 11.3 Å². The summed E-state index contributed by atoms with van der Waals surface area (Å²) in [5.41, 5.74) is 3.42. The number of thiazole rings is 1. The number of benzene rings is 1. The second kappa shape index (κ2) is 8.21. The summed E-state index contributed by atoms with van der Waals surface area (Å²) >= 11 is 1.63. The first-order valence-electron chi connectivity index (χ1n) is 9.51. The van der Waals surface area contributed by atoms with E-state index in [-0.39, 0.29) is 0 Å². The lowest BCUT2D eigenvalue weighted by Crippen LogP contribution is -2.38. The number of carboxylic acid groups (broad SMARTS) is 1. The van der Waals surface area contributed by atoms with Crippen LogP contribution >= 0.6 is 11.3 Å². The quantitative estimate of drug-likeness (QED) is 0.707. The van der Waals surface area contributed by atoms with Crippen LogP contribution in [0.25, 0.3) is 11.3 Å². The molecule has 1 aromatic heterocycles. The van der Waals surface area contributed by atoms with Gasteiger partial charge in [-0.1, -0.05) is 57.9 Å². The normalized spacial score (nSPS) is 16.2. The van der Waals surface area contributed by atoms with E-state index < -0.39 is 11.9 Å². The van der Waals surface area contributed by atoms with E-state index in [0.29, 0.717) is 18.5 Å². The highest BCUT2D eigenvalue weighted by Crippen LogP contribution is 2.34. The predicted octanol–water partition coefficient (Wildman–Crippen LogP) is 5.40. The predicted molar refractivity (Wildman–Crippen MR) is 108 cm³/mol. The first-order chi connectivity index (χ1) is 12.5. The Bertz CT molecular complexity index is 733. The summed E-state index contributed by atoms with van der Waals surface area (Å²) in [5.74, 6) is -0.618. The van der Waals surface area contributed by atoms with Crippen LogP contribution in [0.15, 0.2) is 29.6 Å². The molecule has 1 atom stereocenters. The average Bonchev–Trinajstić information content (AvgIpc) is 3.31. The molecule has 4 nitrogen and oxygen atoms in total. The van der Waals surface area contributed by atoms with Gasteiger partial charge in [0.15, 0.2) is 5.13 Å². The van der Waals surface area contributed by atoms with E-state index >= 15 is 0 Å². The molecule has 0 bridgehead atoms. The molecular weight excluding hydrogens is 344 g/mol. The standard InChI is InChI=1S/C21H28N2O2S/c1-14(2)16-8-10-17(11-9-16)19-13-26-21(22-19)23(12-15(3)20(24)25)18-6-4-5-7-18/h8-11,13-15,18H,4-7,12H2,1-3H3,(H,24,25). The van der Waals surface area contributed by atoms with Gasteiger partial charge < -0.3 is 10.0 Å². The Hall–Kier alpha value is -1.88. The molecule has 5 heteroatoms. The minimum absolute atomic E-state index is 0.395. The summed E-state index contributed by atoms with van der Waals surface area (Å²) in [6, 6.07) is 9.02. The van der Waals surface area contributed by atoms with Crippen molar-refractivity contribution < 1.29 is 9.90 Å². The van der Waals surface area contributed by atoms with E-state index in [9.17, 15) is 9.90 Å². The zero-order valence-corrected chi connectivity index (χ0v) is 16.6. The van der Waals surface area contributed by atoms with E-state index in [1.54, 1.807) is 18.3 Å². The van der Waals surface area contributed by atoms with Crippen LogP contribution < -0.4 is 4.90 Å². The zero-order valence-electron chi connectivity index (χ0n) is 15.8. The zero-order chi connectivity index (χ0) is 18.7. The number of carbonyl (C=O) groups is 1. The lowest BCUT2D eigenvalue weighted by Gasteiger charge is -2.30. The SMILES string of the molecule is CC(CN(c1nc(-c2ccc(C(C)C)cc2)cs1)C1CCCC1)C(=O)O. The van der Waals surface area contributed by atoms with Gasteiger partial charge in [-0.05, 0) is 24.3 Å². The molecule has 0 spiro atoms. The maximum Gasteiger partial charge on any atom is 0.308 e. The molecule has 1 aliphatic rings. The summed E-state index contributed by atoms with van der Waals surface area (Å²) in [6.45, 7) is 6.70. The van der Waals surface area contributed by atoms with Crippen LogP contribution in [-0.4, -0.2) is 28.6 Å². The molecule has 1 unspecified atom stereocenters. The molecule has 1 N–H and O–H groups in total. The summed E-state index contributed by atoms with van der Waals surface area (Å²) in [4.78, 5) is 18.5. The minimum atomic E-state index is -0.742. The largest absolute Gasteiger partial charge is 0.481 e. The van der Waals surface area contributed by atoms with Crippen molar-refractivity contribution in [1.82, 2.24) is 4.98 Å². The lowest BCUT2D eigenvalue weighted by molar-refractivity contribution is -0.140. The van der Waals surface area contributed by atoms with Crippen LogP contribution in [0.4, 0.5) is 5.13 Å². The molecule has 0 radical (unpaired) electrons. The van der Waals surface area contributed by atoms with Crippen molar-refractivity contribution in [3.63, 3.8) is 0 Å². The topological polar surface area (TPSA) is 53.4 Å². The molecule has 0 amide bonds. The molecule has 1 aromatic carbocycles. The minimum Gasteiger partial charge on any atom is -0.481 e. The van der Waals surface area contributed by atoms with Crippen LogP contribution in [-0.2, 0) is 4.79 Å². The van der Waals surface area contributed by atoms with E-state index in [2.05, 4.69) is 48.4 Å². The number of hydrogen-bond donors (Lipinski definition) is 1. The van der Waals surface area contributed by atoms with Crippen molar-refractivity contribution in [1.29, 1.82) is 0 Å². The van der Waals surface area contributed by atoms with Crippen LogP contribution in [0.1, 0.15) is 57.9 Å². The Labute approximate surface area is 159 Å². The van der Waals surface area contributed by atoms with E-state index in [0.717, 1.165) is 29.2 Å². The van der Waals surface area contributed by atoms with Crippen LogP contribution in [0.3, 0.4) is 0 Å². The molecule has 1 saturated carbocycles. The first kappa shape index (κ1) is 18.9. The first-order valence-corrected chi connectivity index (χ1v) is 10.4. The van der Waals surface area contributed by atoms with Gasteiger partial charge in [-0.3, -0.25) is 4.79 Å². The molecule has 1 fully saturated rings. The Kier molecular flexibility index (Phi) is 5.97. The maximum absolute atomic E-state index is 11.4. The third kappa shape index (κ3) is 4.26. The Balaban J connectivity index is 1.82. The highest BCUT2D eigenvalue weighted by Gasteiger charge is 2.28. The second-order valence-electron chi connectivity index (χ2n) is 7.62. The van der Waals surface area contributed by atoms with Crippen molar-refractivity contribution in [2.24, 2.45) is 5.92 Å². The van der Waals surface area contributed by atoms with Crippen molar-refractivity contribution in [3.05, 3.63) is 35.2 Å². The monoisotopic (exact) mass is 372 g/mol. The molecule has 140 valence electrons. The highest BCUT2D eigenvalue weighted by atomic mass is 32.1. The van der Waals surface area contributed by atoms with E-state index in [1.807, 2.05) is 0 Å². The van der Waals surface area contributed by atoms with Crippen LogP contribution in [0.2, 0.25) is 0 Å². The summed E-state index contributed by atoms with van der Waals surface area (Å²) < 4.78 is 0. The smallest absolute Gasteiger partial charge is 0.308 e. The van der Waals surface area contributed by atoms with Gasteiger partial charge in [-0.2, -0.15) is 0 Å². The summed E-state index contributed by atoms with van der Waals surface area (Å²) in [6.07, 6.45) is 4.70.